The predicted molar refractivity (Wildman–Crippen MR) is 76.3 cm³/mol. The number of nitrogens with zero attached hydrogens (tertiary/aromatic N) is 3. The molecule has 0 fully saturated rings. The number of imidazole rings is 1. The second-order valence-electron chi connectivity index (χ2n) is 4.46. The summed E-state index contributed by atoms with van der Waals surface area (Å²) in [6.45, 7) is 1.96. The number of hydrogen-bond donors (Lipinski definition) is 1. The quantitative estimate of drug-likeness (QED) is 0.791. The number of H-pyrrole nitrogens is 1. The largest absolute Gasteiger partial charge is 0.495 e. The van der Waals surface area contributed by atoms with Gasteiger partial charge >= 0.3 is 0 Å². The molecule has 3 rings (SSSR count). The second-order valence-corrected chi connectivity index (χ2v) is 4.46. The van der Waals surface area contributed by atoms with E-state index in [9.17, 15) is 0 Å². The molecule has 0 bridgehead atoms. The smallest absolute Gasteiger partial charge is 0.156 e. The number of hydrogen-bond acceptors (Lipinski definition) is 4. The molecule has 0 atom stereocenters. The van der Waals surface area contributed by atoms with Gasteiger partial charge in [-0.05, 0) is 30.7 Å². The molecule has 0 aliphatic rings. The standard InChI is InChI=1S/C15H14N4O/c1-10-7-18-15(19-10)14-6-11(3-4-17-14)12-5-13(20-2)9-16-8-12/h3-9H,1-2H3,(H,18,19). The van der Waals surface area contributed by atoms with Crippen LogP contribution in [0.15, 0.2) is 43.0 Å². The lowest BCUT2D eigenvalue weighted by Gasteiger charge is -2.05. The summed E-state index contributed by atoms with van der Waals surface area (Å²) in [5.41, 5.74) is 3.82. The second kappa shape index (κ2) is 5.13. The summed E-state index contributed by atoms with van der Waals surface area (Å²) in [7, 11) is 1.63. The molecule has 0 aliphatic heterocycles. The van der Waals surface area contributed by atoms with E-state index in [1.807, 2.05) is 25.1 Å². The van der Waals surface area contributed by atoms with Gasteiger partial charge in [-0.2, -0.15) is 0 Å². The van der Waals surface area contributed by atoms with Crippen LogP contribution >= 0.6 is 0 Å². The van der Waals surface area contributed by atoms with E-state index in [1.54, 1.807) is 31.9 Å². The Balaban J connectivity index is 2.02. The fourth-order valence-electron chi connectivity index (χ4n) is 1.97. The van der Waals surface area contributed by atoms with Crippen molar-refractivity contribution >= 4 is 0 Å². The fraction of sp³-hybridized carbons (Fsp3) is 0.133. The van der Waals surface area contributed by atoms with E-state index in [0.717, 1.165) is 34.1 Å². The molecular weight excluding hydrogens is 252 g/mol. The highest BCUT2D eigenvalue weighted by molar-refractivity contribution is 5.68. The summed E-state index contributed by atoms with van der Waals surface area (Å²) in [4.78, 5) is 16.0. The van der Waals surface area contributed by atoms with E-state index < -0.39 is 0 Å². The first kappa shape index (κ1) is 12.3. The lowest BCUT2D eigenvalue weighted by molar-refractivity contribution is 0.413. The molecule has 0 radical (unpaired) electrons. The number of methoxy groups -OCH3 is 1. The molecule has 5 nitrogen and oxygen atoms in total. The Morgan fingerprint density at radius 2 is 1.95 bits per heavy atom. The maximum Gasteiger partial charge on any atom is 0.156 e. The lowest BCUT2D eigenvalue weighted by Crippen LogP contribution is -1.89. The highest BCUT2D eigenvalue weighted by Crippen LogP contribution is 2.25. The van der Waals surface area contributed by atoms with Crippen LogP contribution in [0.25, 0.3) is 22.6 Å². The summed E-state index contributed by atoms with van der Waals surface area (Å²) < 4.78 is 5.20. The number of aryl methyl sites for hydroxylation is 1. The third-order valence-electron chi connectivity index (χ3n) is 2.99. The van der Waals surface area contributed by atoms with Crippen molar-refractivity contribution in [1.82, 2.24) is 19.9 Å². The minimum absolute atomic E-state index is 0.731. The van der Waals surface area contributed by atoms with Crippen molar-refractivity contribution in [3.05, 3.63) is 48.7 Å². The zero-order chi connectivity index (χ0) is 13.9. The summed E-state index contributed by atoms with van der Waals surface area (Å²) in [5, 5.41) is 0. The fourth-order valence-corrected chi connectivity index (χ4v) is 1.97. The van der Waals surface area contributed by atoms with E-state index in [1.165, 1.54) is 0 Å². The van der Waals surface area contributed by atoms with Gasteiger partial charge in [-0.1, -0.05) is 0 Å². The molecule has 100 valence electrons. The molecular formula is C15H14N4O. The number of aromatic nitrogens is 4. The maximum atomic E-state index is 5.20. The highest BCUT2D eigenvalue weighted by Gasteiger charge is 2.06. The van der Waals surface area contributed by atoms with Crippen LogP contribution in [0.3, 0.4) is 0 Å². The van der Waals surface area contributed by atoms with Gasteiger partial charge in [0.2, 0.25) is 0 Å². The van der Waals surface area contributed by atoms with Crippen molar-refractivity contribution < 1.29 is 4.74 Å². The normalized spacial score (nSPS) is 10.5. The van der Waals surface area contributed by atoms with Crippen molar-refractivity contribution in [1.29, 1.82) is 0 Å². The summed E-state index contributed by atoms with van der Waals surface area (Å²) in [5.74, 6) is 1.50. The SMILES string of the molecule is COc1cncc(-c2ccnc(-c3ncc(C)[nH]3)c2)c1. The first-order valence-electron chi connectivity index (χ1n) is 6.24. The van der Waals surface area contributed by atoms with Gasteiger partial charge in [-0.25, -0.2) is 4.98 Å². The Morgan fingerprint density at radius 1 is 1.05 bits per heavy atom. The molecule has 0 aromatic carbocycles. The molecule has 0 amide bonds. The van der Waals surface area contributed by atoms with E-state index in [4.69, 9.17) is 4.74 Å². The molecule has 3 aromatic rings. The zero-order valence-electron chi connectivity index (χ0n) is 11.3. The first-order valence-corrected chi connectivity index (χ1v) is 6.24. The molecule has 3 aromatic heterocycles. The highest BCUT2D eigenvalue weighted by atomic mass is 16.5. The van der Waals surface area contributed by atoms with Crippen molar-refractivity contribution in [2.75, 3.05) is 7.11 Å². The Kier molecular flexibility index (Phi) is 3.16. The minimum Gasteiger partial charge on any atom is -0.495 e. The summed E-state index contributed by atoms with van der Waals surface area (Å²) in [6, 6.07) is 5.87. The minimum atomic E-state index is 0.731. The van der Waals surface area contributed by atoms with Crippen LogP contribution < -0.4 is 4.74 Å². The molecule has 0 saturated carbocycles. The van der Waals surface area contributed by atoms with Crippen LogP contribution in [0.1, 0.15) is 5.69 Å². The van der Waals surface area contributed by atoms with Gasteiger partial charge in [0, 0.05) is 29.8 Å². The molecule has 3 heterocycles. The van der Waals surface area contributed by atoms with Gasteiger partial charge in [-0.15, -0.1) is 0 Å². The molecule has 20 heavy (non-hydrogen) atoms. The number of aromatic amines is 1. The Morgan fingerprint density at radius 3 is 2.70 bits per heavy atom. The average Bonchev–Trinajstić information content (AvgIpc) is 2.94. The van der Waals surface area contributed by atoms with E-state index >= 15 is 0 Å². The van der Waals surface area contributed by atoms with Gasteiger partial charge in [0.05, 0.1) is 13.3 Å². The van der Waals surface area contributed by atoms with E-state index in [-0.39, 0.29) is 0 Å². The van der Waals surface area contributed by atoms with Crippen molar-refractivity contribution in [3.63, 3.8) is 0 Å². The molecule has 0 aliphatic carbocycles. The first-order chi connectivity index (χ1) is 9.76. The summed E-state index contributed by atoms with van der Waals surface area (Å²) in [6.07, 6.45) is 7.04. The van der Waals surface area contributed by atoms with Crippen LogP contribution in [-0.4, -0.2) is 27.0 Å². The molecule has 0 spiro atoms. The van der Waals surface area contributed by atoms with Crippen LogP contribution in [0.4, 0.5) is 0 Å². The molecule has 0 unspecified atom stereocenters. The number of pyridine rings is 2. The van der Waals surface area contributed by atoms with Gasteiger partial charge in [0.15, 0.2) is 5.82 Å². The molecule has 5 heteroatoms. The van der Waals surface area contributed by atoms with Gasteiger partial charge < -0.3 is 9.72 Å². The number of rotatable bonds is 3. The monoisotopic (exact) mass is 266 g/mol. The van der Waals surface area contributed by atoms with Crippen LogP contribution in [0.2, 0.25) is 0 Å². The third kappa shape index (κ3) is 2.38. The topological polar surface area (TPSA) is 63.7 Å². The van der Waals surface area contributed by atoms with E-state index in [2.05, 4.69) is 19.9 Å². The maximum absolute atomic E-state index is 5.20. The van der Waals surface area contributed by atoms with Crippen molar-refractivity contribution in [2.24, 2.45) is 0 Å². The van der Waals surface area contributed by atoms with Crippen LogP contribution in [0.5, 0.6) is 5.75 Å². The van der Waals surface area contributed by atoms with Crippen molar-refractivity contribution in [2.45, 2.75) is 6.92 Å². The third-order valence-corrected chi connectivity index (χ3v) is 2.99. The number of nitrogens with one attached hydrogen (secondary N) is 1. The van der Waals surface area contributed by atoms with Crippen LogP contribution in [0, 0.1) is 6.92 Å². The van der Waals surface area contributed by atoms with E-state index in [0.29, 0.717) is 0 Å². The zero-order valence-corrected chi connectivity index (χ0v) is 11.3. The Labute approximate surface area is 116 Å². The Hall–Kier alpha value is -2.69. The van der Waals surface area contributed by atoms with Crippen LogP contribution in [-0.2, 0) is 0 Å². The average molecular weight is 266 g/mol. The van der Waals surface area contributed by atoms with Gasteiger partial charge in [0.25, 0.3) is 0 Å². The molecule has 1 N–H and O–H groups in total. The van der Waals surface area contributed by atoms with Gasteiger partial charge in [0.1, 0.15) is 11.4 Å². The lowest BCUT2D eigenvalue weighted by atomic mass is 10.1. The number of ether oxygens (including phenoxy) is 1. The summed E-state index contributed by atoms with van der Waals surface area (Å²) >= 11 is 0. The van der Waals surface area contributed by atoms with Crippen molar-refractivity contribution in [3.8, 4) is 28.4 Å². The van der Waals surface area contributed by atoms with Gasteiger partial charge in [-0.3, -0.25) is 9.97 Å². The molecule has 0 saturated heterocycles. The Bertz CT molecular complexity index is 736. The predicted octanol–water partition coefficient (Wildman–Crippen LogP) is 2.85.